The van der Waals surface area contributed by atoms with Gasteiger partial charge in [-0.2, -0.15) is 4.98 Å². The van der Waals surface area contributed by atoms with Gasteiger partial charge in [-0.05, 0) is 57.5 Å². The molecule has 0 unspecified atom stereocenters. The monoisotopic (exact) mass is 462 g/mol. The van der Waals surface area contributed by atoms with Gasteiger partial charge >= 0.3 is 0 Å². The molecule has 0 bridgehead atoms. The first kappa shape index (κ1) is 22.6. The number of pyridine rings is 1. The smallest absolute Gasteiger partial charge is 0.229 e. The molecule has 5 rings (SSSR count). The van der Waals surface area contributed by atoms with Crippen LogP contribution in [-0.2, 0) is 11.3 Å². The van der Waals surface area contributed by atoms with Gasteiger partial charge in [0.1, 0.15) is 11.5 Å². The summed E-state index contributed by atoms with van der Waals surface area (Å²) >= 11 is 0. The zero-order valence-corrected chi connectivity index (χ0v) is 19.9. The molecule has 2 N–H and O–H groups in total. The summed E-state index contributed by atoms with van der Waals surface area (Å²) in [6.45, 7) is 5.71. The van der Waals surface area contributed by atoms with Crippen LogP contribution in [0.2, 0.25) is 0 Å². The van der Waals surface area contributed by atoms with E-state index in [0.717, 1.165) is 80.9 Å². The molecule has 9 nitrogen and oxygen atoms in total. The molecule has 1 saturated carbocycles. The number of amides is 1. The van der Waals surface area contributed by atoms with Crippen LogP contribution in [0.1, 0.15) is 32.1 Å². The van der Waals surface area contributed by atoms with E-state index in [-0.39, 0.29) is 11.8 Å². The Morgan fingerprint density at radius 2 is 1.97 bits per heavy atom. The first-order chi connectivity index (χ1) is 16.7. The highest BCUT2D eigenvalue weighted by Gasteiger charge is 2.24. The highest BCUT2D eigenvalue weighted by Crippen LogP contribution is 2.26. The van der Waals surface area contributed by atoms with Crippen molar-refractivity contribution in [3.05, 3.63) is 36.8 Å². The molecule has 0 aromatic carbocycles. The number of hydrogen-bond acceptors (Lipinski definition) is 7. The highest BCUT2D eigenvalue weighted by molar-refractivity contribution is 5.79. The molecule has 3 aromatic heterocycles. The fourth-order valence-electron chi connectivity index (χ4n) is 4.54. The van der Waals surface area contributed by atoms with Crippen LogP contribution in [0.25, 0.3) is 11.0 Å². The zero-order chi connectivity index (χ0) is 23.3. The lowest BCUT2D eigenvalue weighted by Gasteiger charge is -2.24. The average molecular weight is 463 g/mol. The minimum absolute atomic E-state index is 0.209. The van der Waals surface area contributed by atoms with Gasteiger partial charge < -0.3 is 25.0 Å². The molecule has 2 fully saturated rings. The van der Waals surface area contributed by atoms with Gasteiger partial charge in [0.15, 0.2) is 0 Å². The summed E-state index contributed by atoms with van der Waals surface area (Å²) < 4.78 is 2.12. The maximum atomic E-state index is 12.0. The van der Waals surface area contributed by atoms with E-state index in [2.05, 4.69) is 48.1 Å². The Kier molecular flexibility index (Phi) is 6.89. The van der Waals surface area contributed by atoms with Crippen molar-refractivity contribution in [3.8, 4) is 0 Å². The molecular weight excluding hydrogens is 428 g/mol. The number of aryl methyl sites for hydroxylation is 1. The third-order valence-electron chi connectivity index (χ3n) is 6.90. The Labute approximate surface area is 200 Å². The van der Waals surface area contributed by atoms with E-state index < -0.39 is 0 Å². The van der Waals surface area contributed by atoms with E-state index in [1.165, 1.54) is 6.42 Å². The number of likely N-dealkylation sites (N-methyl/N-ethyl adjacent to an activating group) is 1. The molecule has 1 saturated heterocycles. The molecule has 2 aliphatic rings. The molecule has 0 spiro atoms. The molecule has 3 aromatic rings. The molecule has 1 amide bonds. The number of carbonyl (C=O) groups is 1. The number of anilines is 3. The lowest BCUT2D eigenvalue weighted by atomic mass is 9.85. The molecule has 1 aliphatic carbocycles. The van der Waals surface area contributed by atoms with Gasteiger partial charge in [0.2, 0.25) is 11.9 Å². The molecular formula is C25H34N8O. The number of fused-ring (bicyclic) bond motifs is 1. The minimum Gasteiger partial charge on any atom is -0.356 e. The summed E-state index contributed by atoms with van der Waals surface area (Å²) in [5, 5.41) is 7.35. The Hall–Kier alpha value is -3.20. The first-order valence-corrected chi connectivity index (χ1v) is 12.4. The average Bonchev–Trinajstić information content (AvgIpc) is 3.07. The Balaban J connectivity index is 1.18. The summed E-state index contributed by atoms with van der Waals surface area (Å²) in [5.41, 5.74) is 1.76. The summed E-state index contributed by atoms with van der Waals surface area (Å²) in [7, 11) is 2.17. The van der Waals surface area contributed by atoms with E-state index in [4.69, 9.17) is 4.98 Å². The van der Waals surface area contributed by atoms with Gasteiger partial charge in [0.05, 0.1) is 11.9 Å². The van der Waals surface area contributed by atoms with Crippen molar-refractivity contribution in [3.63, 3.8) is 0 Å². The van der Waals surface area contributed by atoms with Crippen LogP contribution >= 0.6 is 0 Å². The Bertz CT molecular complexity index is 1110. The Morgan fingerprint density at radius 3 is 2.76 bits per heavy atom. The van der Waals surface area contributed by atoms with Gasteiger partial charge in [0, 0.05) is 56.4 Å². The summed E-state index contributed by atoms with van der Waals surface area (Å²) in [4.78, 5) is 30.6. The van der Waals surface area contributed by atoms with E-state index in [1.807, 2.05) is 30.7 Å². The van der Waals surface area contributed by atoms with Gasteiger partial charge in [0.25, 0.3) is 0 Å². The summed E-state index contributed by atoms with van der Waals surface area (Å²) in [5.74, 6) is 2.01. The van der Waals surface area contributed by atoms with E-state index >= 15 is 0 Å². The largest absolute Gasteiger partial charge is 0.356 e. The van der Waals surface area contributed by atoms with Crippen LogP contribution in [0.5, 0.6) is 0 Å². The summed E-state index contributed by atoms with van der Waals surface area (Å²) in [6.07, 6.45) is 11.0. The standard InChI is InChI=1S/C25H34N8O/c1-31-11-4-13-32(16-15-31)22-8-7-21(18-27-22)29-25-28-17-20-9-14-33(23(20)30-25)12-3-10-26-24(34)19-5-2-6-19/h7-9,14,17-19H,2-6,10-13,15-16H2,1H3,(H,26,34)(H,28,29,30). The van der Waals surface area contributed by atoms with Crippen molar-refractivity contribution in [2.45, 2.75) is 38.6 Å². The van der Waals surface area contributed by atoms with Gasteiger partial charge in [-0.15, -0.1) is 0 Å². The van der Waals surface area contributed by atoms with Crippen LogP contribution < -0.4 is 15.5 Å². The fraction of sp³-hybridized carbons (Fsp3) is 0.520. The predicted octanol–water partition coefficient (Wildman–Crippen LogP) is 3.02. The third-order valence-corrected chi connectivity index (χ3v) is 6.90. The van der Waals surface area contributed by atoms with Crippen molar-refractivity contribution in [2.75, 3.05) is 50.0 Å². The van der Waals surface area contributed by atoms with Crippen LogP contribution in [-0.4, -0.2) is 70.1 Å². The van der Waals surface area contributed by atoms with E-state index in [9.17, 15) is 4.79 Å². The first-order valence-electron chi connectivity index (χ1n) is 12.4. The topological polar surface area (TPSA) is 91.2 Å². The number of hydrogen-bond donors (Lipinski definition) is 2. The molecule has 34 heavy (non-hydrogen) atoms. The number of aromatic nitrogens is 4. The van der Waals surface area contributed by atoms with Crippen molar-refractivity contribution in [1.29, 1.82) is 0 Å². The van der Waals surface area contributed by atoms with Crippen LogP contribution in [0.3, 0.4) is 0 Å². The second-order valence-electron chi connectivity index (χ2n) is 9.43. The minimum atomic E-state index is 0.209. The molecule has 0 atom stereocenters. The van der Waals surface area contributed by atoms with Crippen molar-refractivity contribution in [2.24, 2.45) is 5.92 Å². The van der Waals surface area contributed by atoms with Crippen LogP contribution in [0.15, 0.2) is 36.8 Å². The maximum Gasteiger partial charge on any atom is 0.229 e. The maximum absolute atomic E-state index is 12.0. The molecule has 9 heteroatoms. The second kappa shape index (κ2) is 10.4. The number of nitrogens with zero attached hydrogens (tertiary/aromatic N) is 6. The van der Waals surface area contributed by atoms with Crippen molar-refractivity contribution in [1.82, 2.24) is 29.7 Å². The third kappa shape index (κ3) is 5.30. The number of nitrogens with one attached hydrogen (secondary N) is 2. The van der Waals surface area contributed by atoms with Gasteiger partial charge in [-0.1, -0.05) is 6.42 Å². The number of carbonyl (C=O) groups excluding carboxylic acids is 1. The van der Waals surface area contributed by atoms with Crippen LogP contribution in [0, 0.1) is 5.92 Å². The second-order valence-corrected chi connectivity index (χ2v) is 9.43. The quantitative estimate of drug-likeness (QED) is 0.497. The van der Waals surface area contributed by atoms with E-state index in [1.54, 1.807) is 0 Å². The van der Waals surface area contributed by atoms with Gasteiger partial charge in [-0.3, -0.25) is 4.79 Å². The fourth-order valence-corrected chi connectivity index (χ4v) is 4.54. The highest BCUT2D eigenvalue weighted by atomic mass is 16.1. The number of rotatable bonds is 8. The zero-order valence-electron chi connectivity index (χ0n) is 19.9. The van der Waals surface area contributed by atoms with E-state index in [0.29, 0.717) is 12.5 Å². The molecule has 180 valence electrons. The lowest BCUT2D eigenvalue weighted by Crippen LogP contribution is -2.35. The summed E-state index contributed by atoms with van der Waals surface area (Å²) in [6, 6.07) is 6.13. The van der Waals surface area contributed by atoms with Gasteiger partial charge in [-0.25, -0.2) is 9.97 Å². The van der Waals surface area contributed by atoms with Crippen molar-refractivity contribution < 1.29 is 4.79 Å². The normalized spacial score (nSPS) is 17.4. The Morgan fingerprint density at radius 1 is 1.06 bits per heavy atom. The molecule has 0 radical (unpaired) electrons. The van der Waals surface area contributed by atoms with Crippen LogP contribution in [0.4, 0.5) is 17.5 Å². The molecule has 1 aliphatic heterocycles. The lowest BCUT2D eigenvalue weighted by molar-refractivity contribution is -0.127. The van der Waals surface area contributed by atoms with Crippen molar-refractivity contribution >= 4 is 34.4 Å². The molecule has 4 heterocycles. The predicted molar refractivity (Wildman–Crippen MR) is 134 cm³/mol. The SMILES string of the molecule is CN1CCCN(c2ccc(Nc3ncc4ccn(CCCNC(=O)C5CCC5)c4n3)cn2)CC1.